The third-order valence-corrected chi connectivity index (χ3v) is 5.19. The van der Waals surface area contributed by atoms with Crippen LogP contribution < -0.4 is 5.32 Å². The van der Waals surface area contributed by atoms with E-state index in [0.29, 0.717) is 34.5 Å². The fraction of sp³-hybridized carbons (Fsp3) is 0.304. The molecule has 0 bridgehead atoms. The Hall–Kier alpha value is -3.55. The Kier molecular flexibility index (Phi) is 5.54. The number of para-hydroxylation sites is 1. The van der Waals surface area contributed by atoms with E-state index in [9.17, 15) is 9.18 Å². The van der Waals surface area contributed by atoms with Gasteiger partial charge in [-0.25, -0.2) is 14.1 Å². The van der Waals surface area contributed by atoms with Gasteiger partial charge in [0.15, 0.2) is 5.65 Å². The summed E-state index contributed by atoms with van der Waals surface area (Å²) in [5.41, 5.74) is 3.96. The van der Waals surface area contributed by atoms with Crippen molar-refractivity contribution in [1.82, 2.24) is 29.9 Å². The maximum atomic E-state index is 14.3. The smallest absolute Gasteiger partial charge is 0.252 e. The van der Waals surface area contributed by atoms with Crippen molar-refractivity contribution in [2.24, 2.45) is 5.92 Å². The zero-order valence-electron chi connectivity index (χ0n) is 18.1. The van der Waals surface area contributed by atoms with Crippen molar-refractivity contribution >= 4 is 16.9 Å². The summed E-state index contributed by atoms with van der Waals surface area (Å²) in [4.78, 5) is 17.5. The van der Waals surface area contributed by atoms with Crippen molar-refractivity contribution in [1.29, 1.82) is 0 Å². The molecular weight excluding hydrogens is 395 g/mol. The molecule has 0 aliphatic carbocycles. The average Bonchev–Trinajstić information content (AvgIpc) is 3.28. The lowest BCUT2D eigenvalue weighted by atomic mass is 10.1. The Labute approximate surface area is 179 Å². The van der Waals surface area contributed by atoms with Crippen LogP contribution in [0.2, 0.25) is 0 Å². The van der Waals surface area contributed by atoms with E-state index in [4.69, 9.17) is 0 Å². The van der Waals surface area contributed by atoms with E-state index in [0.717, 1.165) is 17.9 Å². The van der Waals surface area contributed by atoms with Gasteiger partial charge in [-0.2, -0.15) is 10.2 Å². The van der Waals surface area contributed by atoms with Gasteiger partial charge in [0.05, 0.1) is 22.8 Å². The van der Waals surface area contributed by atoms with Crippen LogP contribution in [0.5, 0.6) is 0 Å². The molecule has 0 fully saturated rings. The van der Waals surface area contributed by atoms with Crippen LogP contribution in [0.4, 0.5) is 4.39 Å². The molecule has 3 heterocycles. The molecule has 1 amide bonds. The number of carbonyl (C=O) groups excluding carboxylic acids is 1. The molecule has 3 aromatic heterocycles. The number of halogens is 1. The molecule has 1 aromatic carbocycles. The topological polar surface area (TPSA) is 77.6 Å². The average molecular weight is 420 g/mol. The molecule has 0 saturated carbocycles. The molecule has 0 aliphatic heterocycles. The third kappa shape index (κ3) is 4.19. The minimum Gasteiger partial charge on any atom is -0.352 e. The molecule has 31 heavy (non-hydrogen) atoms. The van der Waals surface area contributed by atoms with Crippen molar-refractivity contribution in [2.45, 2.75) is 34.2 Å². The van der Waals surface area contributed by atoms with Gasteiger partial charge in [-0.15, -0.1) is 0 Å². The van der Waals surface area contributed by atoms with Crippen LogP contribution in [0.3, 0.4) is 0 Å². The molecule has 0 spiro atoms. The fourth-order valence-corrected chi connectivity index (χ4v) is 3.69. The minimum absolute atomic E-state index is 0.196. The molecule has 0 radical (unpaired) electrons. The van der Waals surface area contributed by atoms with E-state index in [1.807, 2.05) is 24.6 Å². The van der Waals surface area contributed by atoms with Crippen molar-refractivity contribution in [3.63, 3.8) is 0 Å². The van der Waals surface area contributed by atoms with Crippen LogP contribution in [0.15, 0.2) is 42.6 Å². The van der Waals surface area contributed by atoms with Crippen LogP contribution in [-0.4, -0.2) is 37.0 Å². The predicted molar refractivity (Wildman–Crippen MR) is 117 cm³/mol. The molecular formula is C23H25FN6O. The number of nitrogens with one attached hydrogen (secondary N) is 1. The van der Waals surface area contributed by atoms with E-state index in [1.165, 1.54) is 10.7 Å². The Morgan fingerprint density at radius 3 is 2.65 bits per heavy atom. The van der Waals surface area contributed by atoms with Gasteiger partial charge in [-0.1, -0.05) is 19.1 Å². The highest BCUT2D eigenvalue weighted by atomic mass is 19.1. The highest BCUT2D eigenvalue weighted by Crippen LogP contribution is 2.22. The van der Waals surface area contributed by atoms with E-state index in [1.54, 1.807) is 37.4 Å². The van der Waals surface area contributed by atoms with Gasteiger partial charge in [0, 0.05) is 24.5 Å². The predicted octanol–water partition coefficient (Wildman–Crippen LogP) is 3.75. The Morgan fingerprint density at radius 2 is 1.94 bits per heavy atom. The second kappa shape index (κ2) is 8.29. The van der Waals surface area contributed by atoms with Gasteiger partial charge in [0.1, 0.15) is 11.5 Å². The van der Waals surface area contributed by atoms with Crippen LogP contribution in [0.25, 0.3) is 16.7 Å². The first-order valence-electron chi connectivity index (χ1n) is 10.2. The molecule has 4 aromatic rings. The summed E-state index contributed by atoms with van der Waals surface area (Å²) in [7, 11) is 0. The van der Waals surface area contributed by atoms with Gasteiger partial charge in [-0.05, 0) is 51.0 Å². The summed E-state index contributed by atoms with van der Waals surface area (Å²) in [6.45, 7) is 9.08. The number of hydrogen-bond acceptors (Lipinski definition) is 4. The lowest BCUT2D eigenvalue weighted by Crippen LogP contribution is -2.30. The van der Waals surface area contributed by atoms with Crippen LogP contribution >= 0.6 is 0 Å². The number of aromatic nitrogens is 5. The highest BCUT2D eigenvalue weighted by molar-refractivity contribution is 6.05. The standard InChI is InChI=1S/C23H25FN6O/c1-14(13-29-17(4)9-16(3)28-29)11-25-23(31)18-10-15(2)27-22-19(18)12-26-30(22)21-8-6-5-7-20(21)24/h5-10,12,14H,11,13H2,1-4H3,(H,25,31). The molecule has 0 saturated heterocycles. The number of aryl methyl sites for hydroxylation is 3. The van der Waals surface area contributed by atoms with E-state index >= 15 is 0 Å². The molecule has 4 rings (SSSR count). The summed E-state index contributed by atoms with van der Waals surface area (Å²) >= 11 is 0. The Bertz CT molecular complexity index is 1260. The minimum atomic E-state index is -0.403. The molecule has 1 atom stereocenters. The molecule has 1 N–H and O–H groups in total. The van der Waals surface area contributed by atoms with Gasteiger partial charge in [-0.3, -0.25) is 9.48 Å². The number of fused-ring (bicyclic) bond motifs is 1. The zero-order chi connectivity index (χ0) is 22.1. The SMILES string of the molecule is Cc1cc(C(=O)NCC(C)Cn2nc(C)cc2C)c2cnn(-c3ccccc3F)c2n1. The van der Waals surface area contributed by atoms with E-state index in [2.05, 4.69) is 27.4 Å². The fourth-order valence-electron chi connectivity index (χ4n) is 3.69. The summed E-state index contributed by atoms with van der Waals surface area (Å²) in [5, 5.41) is 12.4. The van der Waals surface area contributed by atoms with Crippen LogP contribution in [0, 0.1) is 32.5 Å². The van der Waals surface area contributed by atoms with Crippen molar-refractivity contribution in [3.05, 3.63) is 71.1 Å². The van der Waals surface area contributed by atoms with Gasteiger partial charge >= 0.3 is 0 Å². The van der Waals surface area contributed by atoms with E-state index in [-0.39, 0.29) is 11.8 Å². The van der Waals surface area contributed by atoms with Crippen LogP contribution in [-0.2, 0) is 6.54 Å². The first-order chi connectivity index (χ1) is 14.8. The number of nitrogens with zero attached hydrogens (tertiary/aromatic N) is 5. The van der Waals surface area contributed by atoms with Gasteiger partial charge < -0.3 is 5.32 Å². The van der Waals surface area contributed by atoms with Crippen molar-refractivity contribution in [2.75, 3.05) is 6.54 Å². The molecule has 7 nitrogen and oxygen atoms in total. The number of amides is 1. The Balaban J connectivity index is 1.56. The van der Waals surface area contributed by atoms with E-state index < -0.39 is 5.82 Å². The number of benzene rings is 1. The number of pyridine rings is 1. The van der Waals surface area contributed by atoms with Gasteiger partial charge in [0.25, 0.3) is 5.91 Å². The normalized spacial score (nSPS) is 12.3. The quantitative estimate of drug-likeness (QED) is 0.515. The molecule has 160 valence electrons. The van der Waals surface area contributed by atoms with Crippen molar-refractivity contribution in [3.8, 4) is 5.69 Å². The van der Waals surface area contributed by atoms with Crippen LogP contribution in [0.1, 0.15) is 34.4 Å². The van der Waals surface area contributed by atoms with Gasteiger partial charge in [0.2, 0.25) is 0 Å². The second-order valence-electron chi connectivity index (χ2n) is 7.98. The first kappa shape index (κ1) is 20.7. The number of carbonyl (C=O) groups is 1. The maximum Gasteiger partial charge on any atom is 0.252 e. The summed E-state index contributed by atoms with van der Waals surface area (Å²) in [5.74, 6) is -0.412. The highest BCUT2D eigenvalue weighted by Gasteiger charge is 2.18. The lowest BCUT2D eigenvalue weighted by molar-refractivity contribution is 0.0948. The monoisotopic (exact) mass is 420 g/mol. The Morgan fingerprint density at radius 1 is 1.16 bits per heavy atom. The number of hydrogen-bond donors (Lipinski definition) is 1. The van der Waals surface area contributed by atoms with Crippen molar-refractivity contribution < 1.29 is 9.18 Å². The second-order valence-corrected chi connectivity index (χ2v) is 7.98. The summed E-state index contributed by atoms with van der Waals surface area (Å²) < 4.78 is 17.7. The number of rotatable bonds is 6. The zero-order valence-corrected chi connectivity index (χ0v) is 18.1. The maximum absolute atomic E-state index is 14.3. The lowest BCUT2D eigenvalue weighted by Gasteiger charge is -2.14. The third-order valence-electron chi connectivity index (χ3n) is 5.19. The largest absolute Gasteiger partial charge is 0.352 e. The first-order valence-corrected chi connectivity index (χ1v) is 10.2. The summed E-state index contributed by atoms with van der Waals surface area (Å²) in [6, 6.07) is 10.1. The molecule has 0 aliphatic rings. The summed E-state index contributed by atoms with van der Waals surface area (Å²) in [6.07, 6.45) is 1.56. The molecule has 1 unspecified atom stereocenters. The molecule has 8 heteroatoms.